The maximum Gasteiger partial charge on any atom is 0.161 e. The van der Waals surface area contributed by atoms with Gasteiger partial charge in [-0.2, -0.15) is 0 Å². The van der Waals surface area contributed by atoms with Crippen molar-refractivity contribution in [1.82, 2.24) is 4.90 Å². The number of rotatable bonds is 6. The summed E-state index contributed by atoms with van der Waals surface area (Å²) in [4.78, 5) is 2.49. The number of piperidine rings is 1. The molecule has 0 radical (unpaired) electrons. The van der Waals surface area contributed by atoms with E-state index < -0.39 is 5.60 Å². The number of methoxy groups -OCH3 is 1. The second kappa shape index (κ2) is 7.96. The monoisotopic (exact) mass is 399 g/mol. The summed E-state index contributed by atoms with van der Waals surface area (Å²) in [6.07, 6.45) is 3.48. The second-order valence-corrected chi connectivity index (χ2v) is 8.66. The highest BCUT2D eigenvalue weighted by atomic mass is 19.1. The van der Waals surface area contributed by atoms with Crippen molar-refractivity contribution in [2.24, 2.45) is 0 Å². The van der Waals surface area contributed by atoms with Crippen molar-refractivity contribution in [2.75, 3.05) is 7.11 Å². The Morgan fingerprint density at radius 2 is 1.83 bits per heavy atom. The van der Waals surface area contributed by atoms with Gasteiger partial charge in [0.25, 0.3) is 0 Å². The number of aliphatic hydroxyl groups is 1. The number of ether oxygens (including phenoxy) is 2. The molecule has 0 aromatic heterocycles. The van der Waals surface area contributed by atoms with Crippen molar-refractivity contribution in [3.63, 3.8) is 0 Å². The quantitative estimate of drug-likeness (QED) is 0.769. The van der Waals surface area contributed by atoms with Gasteiger partial charge in [-0.3, -0.25) is 4.90 Å². The van der Waals surface area contributed by atoms with E-state index in [4.69, 9.17) is 9.47 Å². The minimum absolute atomic E-state index is 0.0755. The predicted molar refractivity (Wildman–Crippen MR) is 111 cm³/mol. The molecule has 0 saturated carbocycles. The van der Waals surface area contributed by atoms with Crippen LogP contribution in [0.1, 0.15) is 50.7 Å². The average Bonchev–Trinajstić information content (AvgIpc) is 2.92. The number of halogens is 1. The van der Waals surface area contributed by atoms with E-state index >= 15 is 0 Å². The third-order valence-corrected chi connectivity index (χ3v) is 6.24. The van der Waals surface area contributed by atoms with Gasteiger partial charge >= 0.3 is 0 Å². The highest BCUT2D eigenvalue weighted by molar-refractivity contribution is 5.43. The van der Waals surface area contributed by atoms with Crippen molar-refractivity contribution < 1.29 is 19.0 Å². The van der Waals surface area contributed by atoms with E-state index in [1.807, 2.05) is 26.0 Å². The fraction of sp³-hybridized carbons (Fsp3) is 0.500. The lowest BCUT2D eigenvalue weighted by molar-refractivity contribution is -0.0597. The first kappa shape index (κ1) is 20.2. The standard InChI is InChI=1S/C24H30FNO3/c1-16(2)29-23-11-17(7-10-22(23)28-3)15-26-20-8-9-21(26)14-24(27,13-20)18-5-4-6-19(25)12-18/h4-7,10-12,16,20-21,27H,8-9,13-15H2,1-3H3. The highest BCUT2D eigenvalue weighted by Crippen LogP contribution is 2.46. The zero-order valence-corrected chi connectivity index (χ0v) is 17.4. The molecular formula is C24H30FNO3. The molecule has 156 valence electrons. The van der Waals surface area contributed by atoms with Crippen LogP contribution < -0.4 is 9.47 Å². The number of hydrogen-bond acceptors (Lipinski definition) is 4. The lowest BCUT2D eigenvalue weighted by Gasteiger charge is -2.44. The molecule has 2 saturated heterocycles. The molecule has 2 aliphatic rings. The summed E-state index contributed by atoms with van der Waals surface area (Å²) >= 11 is 0. The van der Waals surface area contributed by atoms with E-state index in [1.165, 1.54) is 17.7 Å². The highest BCUT2D eigenvalue weighted by Gasteiger charge is 2.48. The van der Waals surface area contributed by atoms with Crippen molar-refractivity contribution in [3.05, 3.63) is 59.4 Å². The first-order chi connectivity index (χ1) is 13.9. The van der Waals surface area contributed by atoms with Gasteiger partial charge in [0, 0.05) is 18.6 Å². The molecule has 2 aromatic rings. The van der Waals surface area contributed by atoms with E-state index in [0.717, 1.165) is 30.9 Å². The van der Waals surface area contributed by atoms with Crippen LogP contribution in [0.2, 0.25) is 0 Å². The number of fused-ring (bicyclic) bond motifs is 2. The van der Waals surface area contributed by atoms with Crippen molar-refractivity contribution in [3.8, 4) is 11.5 Å². The zero-order chi connectivity index (χ0) is 20.6. The molecule has 5 heteroatoms. The summed E-state index contributed by atoms with van der Waals surface area (Å²) in [5, 5.41) is 11.3. The Balaban J connectivity index is 1.52. The average molecular weight is 400 g/mol. The Labute approximate surface area is 172 Å². The molecule has 2 aromatic carbocycles. The van der Waals surface area contributed by atoms with Crippen LogP contribution in [0.3, 0.4) is 0 Å². The first-order valence-electron chi connectivity index (χ1n) is 10.5. The predicted octanol–water partition coefficient (Wildman–Crippen LogP) is 4.64. The molecule has 1 N–H and O–H groups in total. The van der Waals surface area contributed by atoms with Crippen LogP contribution in [0.4, 0.5) is 4.39 Å². The van der Waals surface area contributed by atoms with Crippen molar-refractivity contribution >= 4 is 0 Å². The van der Waals surface area contributed by atoms with Crippen molar-refractivity contribution in [2.45, 2.75) is 69.9 Å². The molecule has 2 unspecified atom stereocenters. The molecule has 2 heterocycles. The summed E-state index contributed by atoms with van der Waals surface area (Å²) in [6.45, 7) is 4.82. The molecular weight excluding hydrogens is 369 g/mol. The Morgan fingerprint density at radius 1 is 1.10 bits per heavy atom. The third-order valence-electron chi connectivity index (χ3n) is 6.24. The lowest BCUT2D eigenvalue weighted by Crippen LogP contribution is -2.49. The summed E-state index contributed by atoms with van der Waals surface area (Å²) in [7, 11) is 1.65. The molecule has 2 bridgehead atoms. The van der Waals surface area contributed by atoms with Gasteiger partial charge in [-0.1, -0.05) is 18.2 Å². The van der Waals surface area contributed by atoms with Gasteiger partial charge < -0.3 is 14.6 Å². The molecule has 0 aliphatic carbocycles. The van der Waals surface area contributed by atoms with Crippen LogP contribution >= 0.6 is 0 Å². The Morgan fingerprint density at radius 3 is 2.45 bits per heavy atom. The van der Waals surface area contributed by atoms with Gasteiger partial charge in [0.1, 0.15) is 5.82 Å². The smallest absolute Gasteiger partial charge is 0.161 e. The number of benzene rings is 2. The summed E-state index contributed by atoms with van der Waals surface area (Å²) in [6, 6.07) is 13.1. The molecule has 2 aliphatic heterocycles. The summed E-state index contributed by atoms with van der Waals surface area (Å²) < 4.78 is 25.1. The Kier molecular flexibility index (Phi) is 5.54. The Bertz CT molecular complexity index is 855. The van der Waals surface area contributed by atoms with Crippen LogP contribution in [-0.4, -0.2) is 35.3 Å². The fourth-order valence-corrected chi connectivity index (χ4v) is 4.96. The van der Waals surface area contributed by atoms with E-state index in [2.05, 4.69) is 17.0 Å². The SMILES string of the molecule is COc1ccc(CN2C3CCC2CC(O)(c2cccc(F)c2)C3)cc1OC(C)C. The topological polar surface area (TPSA) is 41.9 Å². The van der Waals surface area contributed by atoms with Gasteiger partial charge in [0.2, 0.25) is 0 Å². The normalized spacial score (nSPS) is 26.7. The fourth-order valence-electron chi connectivity index (χ4n) is 4.96. The van der Waals surface area contributed by atoms with E-state index in [-0.39, 0.29) is 11.9 Å². The lowest BCUT2D eigenvalue weighted by atomic mass is 9.80. The van der Waals surface area contributed by atoms with Gasteiger partial charge in [-0.25, -0.2) is 4.39 Å². The molecule has 2 fully saturated rings. The minimum atomic E-state index is -0.948. The molecule has 29 heavy (non-hydrogen) atoms. The van der Waals surface area contributed by atoms with Crippen LogP contribution in [0.25, 0.3) is 0 Å². The van der Waals surface area contributed by atoms with Crippen molar-refractivity contribution in [1.29, 1.82) is 0 Å². The number of nitrogens with zero attached hydrogens (tertiary/aromatic N) is 1. The van der Waals surface area contributed by atoms with Crippen LogP contribution in [0, 0.1) is 5.82 Å². The molecule has 0 amide bonds. The van der Waals surface area contributed by atoms with Crippen LogP contribution in [-0.2, 0) is 12.1 Å². The van der Waals surface area contributed by atoms with Gasteiger partial charge in [-0.15, -0.1) is 0 Å². The maximum atomic E-state index is 13.7. The van der Waals surface area contributed by atoms with E-state index in [1.54, 1.807) is 13.2 Å². The van der Waals surface area contributed by atoms with Crippen LogP contribution in [0.5, 0.6) is 11.5 Å². The summed E-state index contributed by atoms with van der Waals surface area (Å²) in [5.41, 5.74) is 0.927. The third kappa shape index (κ3) is 4.12. The van der Waals surface area contributed by atoms with Crippen LogP contribution in [0.15, 0.2) is 42.5 Å². The maximum absolute atomic E-state index is 13.7. The molecule has 0 spiro atoms. The van der Waals surface area contributed by atoms with Gasteiger partial charge in [0.15, 0.2) is 11.5 Å². The largest absolute Gasteiger partial charge is 0.493 e. The van der Waals surface area contributed by atoms with Gasteiger partial charge in [0.05, 0.1) is 18.8 Å². The second-order valence-electron chi connectivity index (χ2n) is 8.66. The minimum Gasteiger partial charge on any atom is -0.493 e. The molecule has 4 rings (SSSR count). The molecule has 2 atom stereocenters. The van der Waals surface area contributed by atoms with E-state index in [9.17, 15) is 9.50 Å². The number of hydrogen-bond donors (Lipinski definition) is 1. The van der Waals surface area contributed by atoms with E-state index in [0.29, 0.717) is 30.5 Å². The first-order valence-corrected chi connectivity index (χ1v) is 10.5. The molecule has 4 nitrogen and oxygen atoms in total. The Hall–Kier alpha value is -2.11. The van der Waals surface area contributed by atoms with Gasteiger partial charge in [-0.05, 0) is 74.9 Å². The summed E-state index contributed by atoms with van der Waals surface area (Å²) in [5.74, 6) is 1.21. The zero-order valence-electron chi connectivity index (χ0n) is 17.4.